The summed E-state index contributed by atoms with van der Waals surface area (Å²) >= 11 is 0. The summed E-state index contributed by atoms with van der Waals surface area (Å²) in [6.07, 6.45) is 0.836. The van der Waals surface area contributed by atoms with Gasteiger partial charge in [0.1, 0.15) is 11.4 Å². The minimum Gasteiger partial charge on any atom is -0.493 e. The second-order valence-electron chi connectivity index (χ2n) is 4.31. The average molecular weight is 206 g/mol. The van der Waals surface area contributed by atoms with Gasteiger partial charge in [0, 0.05) is 12.0 Å². The van der Waals surface area contributed by atoms with E-state index in [0.29, 0.717) is 12.2 Å². The van der Waals surface area contributed by atoms with Crippen LogP contribution in [-0.2, 0) is 6.42 Å². The molecule has 2 rings (SSSR count). The van der Waals surface area contributed by atoms with Crippen LogP contribution in [0.25, 0.3) is 0 Å². The molecular weight excluding hydrogens is 192 g/mol. The van der Waals surface area contributed by atoms with Gasteiger partial charge in [-0.05, 0) is 37.6 Å². The smallest absolute Gasteiger partial charge is 0.193 e. The van der Waals surface area contributed by atoms with Crippen molar-refractivity contribution in [2.75, 3.05) is 6.61 Å². The molecule has 0 unspecified atom stereocenters. The summed E-state index contributed by atoms with van der Waals surface area (Å²) in [4.78, 5) is 11.8. The summed E-state index contributed by atoms with van der Waals surface area (Å²) in [5.41, 5.74) is 0.282. The van der Waals surface area contributed by atoms with Crippen molar-refractivity contribution in [3.8, 4) is 5.75 Å². The Hall–Kier alpha value is -1.35. The van der Waals surface area contributed by atoms with Crippen molar-refractivity contribution in [2.24, 2.45) is 0 Å². The second kappa shape index (κ2) is 3.35. The third-order valence-corrected chi connectivity index (χ3v) is 2.51. The maximum Gasteiger partial charge on any atom is 0.193 e. The van der Waals surface area contributed by atoms with Crippen LogP contribution in [0.2, 0.25) is 0 Å². The summed E-state index contributed by atoms with van der Waals surface area (Å²) < 4.78 is 5.34. The first-order valence-electron chi connectivity index (χ1n) is 5.01. The summed E-state index contributed by atoms with van der Waals surface area (Å²) in [6, 6.07) is 5.30. The summed E-state index contributed by atoms with van der Waals surface area (Å²) in [5, 5.41) is 9.61. The molecule has 0 saturated heterocycles. The van der Waals surface area contributed by atoms with E-state index in [4.69, 9.17) is 4.74 Å². The fourth-order valence-corrected chi connectivity index (χ4v) is 1.68. The number of Topliss-reactive ketones (excluding diaryl/α,β-unsaturated/α-hetero) is 1. The molecule has 3 heteroatoms. The summed E-state index contributed by atoms with van der Waals surface area (Å²) in [7, 11) is 0. The van der Waals surface area contributed by atoms with E-state index in [2.05, 4.69) is 0 Å². The Morgan fingerprint density at radius 3 is 2.87 bits per heavy atom. The number of hydrogen-bond acceptors (Lipinski definition) is 3. The van der Waals surface area contributed by atoms with Crippen LogP contribution in [0, 0.1) is 0 Å². The monoisotopic (exact) mass is 206 g/mol. The predicted octanol–water partition coefficient (Wildman–Crippen LogP) is 1.58. The molecule has 3 nitrogen and oxygen atoms in total. The van der Waals surface area contributed by atoms with E-state index in [1.54, 1.807) is 12.1 Å². The number of hydrogen-bond donors (Lipinski definition) is 1. The number of carbonyl (C=O) groups is 1. The fraction of sp³-hybridized carbons (Fsp3) is 0.417. The van der Waals surface area contributed by atoms with Crippen molar-refractivity contribution in [1.29, 1.82) is 0 Å². The van der Waals surface area contributed by atoms with Crippen LogP contribution in [0.4, 0.5) is 0 Å². The average Bonchev–Trinajstić information content (AvgIpc) is 2.61. The normalized spacial score (nSPS) is 14.6. The molecule has 80 valence electrons. The third kappa shape index (κ3) is 1.88. The van der Waals surface area contributed by atoms with Crippen LogP contribution < -0.4 is 4.74 Å². The van der Waals surface area contributed by atoms with Crippen LogP contribution in [0.15, 0.2) is 18.2 Å². The van der Waals surface area contributed by atoms with E-state index in [-0.39, 0.29) is 5.78 Å². The highest BCUT2D eigenvalue weighted by atomic mass is 16.5. The van der Waals surface area contributed by atoms with E-state index in [1.807, 2.05) is 6.07 Å². The van der Waals surface area contributed by atoms with Gasteiger partial charge in [-0.2, -0.15) is 0 Å². The zero-order chi connectivity index (χ0) is 11.1. The van der Waals surface area contributed by atoms with E-state index in [0.717, 1.165) is 17.7 Å². The van der Waals surface area contributed by atoms with Gasteiger partial charge in [0.2, 0.25) is 0 Å². The van der Waals surface area contributed by atoms with Gasteiger partial charge in [-0.3, -0.25) is 4.79 Å². The Morgan fingerprint density at radius 1 is 1.47 bits per heavy atom. The quantitative estimate of drug-likeness (QED) is 0.747. The molecule has 1 N–H and O–H groups in total. The molecule has 1 heterocycles. The fourth-order valence-electron chi connectivity index (χ4n) is 1.68. The highest BCUT2D eigenvalue weighted by molar-refractivity contribution is 6.02. The van der Waals surface area contributed by atoms with Gasteiger partial charge in [0.15, 0.2) is 5.78 Å². The molecule has 1 aromatic carbocycles. The Balaban J connectivity index is 2.35. The van der Waals surface area contributed by atoms with Crippen molar-refractivity contribution < 1.29 is 14.6 Å². The summed E-state index contributed by atoms with van der Waals surface area (Å²) in [5.74, 6) is 0.597. The molecule has 0 bridgehead atoms. The van der Waals surface area contributed by atoms with Gasteiger partial charge >= 0.3 is 0 Å². The highest BCUT2D eigenvalue weighted by Gasteiger charge is 2.26. The minimum atomic E-state index is -1.31. The molecule has 0 saturated carbocycles. The Morgan fingerprint density at radius 2 is 2.20 bits per heavy atom. The van der Waals surface area contributed by atoms with Crippen LogP contribution in [-0.4, -0.2) is 23.1 Å². The predicted molar refractivity (Wildman–Crippen MR) is 56.3 cm³/mol. The molecule has 0 atom stereocenters. The molecular formula is C12H14O3. The largest absolute Gasteiger partial charge is 0.493 e. The lowest BCUT2D eigenvalue weighted by Crippen LogP contribution is -2.31. The lowest BCUT2D eigenvalue weighted by Gasteiger charge is -2.15. The molecule has 0 amide bonds. The first kappa shape index (κ1) is 10.2. The second-order valence-corrected chi connectivity index (χ2v) is 4.31. The van der Waals surface area contributed by atoms with Crippen LogP contribution >= 0.6 is 0 Å². The lowest BCUT2D eigenvalue weighted by molar-refractivity contribution is 0.0488. The Labute approximate surface area is 88.7 Å². The van der Waals surface area contributed by atoms with Crippen LogP contribution in [0.3, 0.4) is 0 Å². The number of ether oxygens (including phenoxy) is 1. The number of aliphatic hydroxyl groups is 1. The van der Waals surface area contributed by atoms with Crippen molar-refractivity contribution in [2.45, 2.75) is 25.9 Å². The van der Waals surface area contributed by atoms with Crippen molar-refractivity contribution >= 4 is 5.78 Å². The number of rotatable bonds is 2. The molecule has 1 aromatic rings. The van der Waals surface area contributed by atoms with Crippen molar-refractivity contribution in [3.63, 3.8) is 0 Å². The van der Waals surface area contributed by atoms with Gasteiger partial charge in [0.25, 0.3) is 0 Å². The van der Waals surface area contributed by atoms with Crippen LogP contribution in [0.1, 0.15) is 29.8 Å². The number of carbonyl (C=O) groups excluding carboxylic acids is 1. The van der Waals surface area contributed by atoms with E-state index < -0.39 is 5.60 Å². The number of benzene rings is 1. The molecule has 0 aliphatic carbocycles. The maximum absolute atomic E-state index is 11.8. The molecule has 0 radical (unpaired) electrons. The number of ketones is 1. The number of fused-ring (bicyclic) bond motifs is 1. The SMILES string of the molecule is CC(C)(O)C(=O)c1ccc2c(c1)CCO2. The zero-order valence-electron chi connectivity index (χ0n) is 8.91. The zero-order valence-corrected chi connectivity index (χ0v) is 8.91. The first-order chi connectivity index (χ1) is 6.98. The van der Waals surface area contributed by atoms with Crippen molar-refractivity contribution in [3.05, 3.63) is 29.3 Å². The standard InChI is InChI=1S/C12H14O3/c1-12(2,14)11(13)9-3-4-10-8(7-9)5-6-15-10/h3-4,7,14H,5-6H2,1-2H3. The molecule has 0 fully saturated rings. The molecule has 0 aromatic heterocycles. The van der Waals surface area contributed by atoms with Gasteiger partial charge in [0.05, 0.1) is 6.61 Å². The van der Waals surface area contributed by atoms with Gasteiger partial charge < -0.3 is 9.84 Å². The van der Waals surface area contributed by atoms with E-state index >= 15 is 0 Å². The van der Waals surface area contributed by atoms with Gasteiger partial charge in [-0.1, -0.05) is 0 Å². The molecule has 15 heavy (non-hydrogen) atoms. The first-order valence-corrected chi connectivity index (χ1v) is 5.01. The Bertz CT molecular complexity index is 402. The minimum absolute atomic E-state index is 0.253. The van der Waals surface area contributed by atoms with Crippen molar-refractivity contribution in [1.82, 2.24) is 0 Å². The summed E-state index contributed by atoms with van der Waals surface area (Å²) in [6.45, 7) is 3.67. The van der Waals surface area contributed by atoms with E-state index in [9.17, 15) is 9.90 Å². The molecule has 1 aliphatic heterocycles. The van der Waals surface area contributed by atoms with Crippen LogP contribution in [0.5, 0.6) is 5.75 Å². The topological polar surface area (TPSA) is 46.5 Å². The lowest BCUT2D eigenvalue weighted by atomic mass is 9.95. The molecule has 0 spiro atoms. The highest BCUT2D eigenvalue weighted by Crippen LogP contribution is 2.27. The Kier molecular flexibility index (Phi) is 2.27. The van der Waals surface area contributed by atoms with Gasteiger partial charge in [-0.25, -0.2) is 0 Å². The third-order valence-electron chi connectivity index (χ3n) is 2.51. The van der Waals surface area contributed by atoms with Gasteiger partial charge in [-0.15, -0.1) is 0 Å². The maximum atomic E-state index is 11.8. The van der Waals surface area contributed by atoms with E-state index in [1.165, 1.54) is 13.8 Å². The molecule has 1 aliphatic rings.